The molecule has 1 amide bonds. The van der Waals surface area contributed by atoms with Gasteiger partial charge >= 0.3 is 0 Å². The van der Waals surface area contributed by atoms with E-state index >= 15 is 0 Å². The van der Waals surface area contributed by atoms with E-state index in [0.717, 1.165) is 6.42 Å². The quantitative estimate of drug-likeness (QED) is 0.425. The molecule has 0 aromatic heterocycles. The predicted octanol–water partition coefficient (Wildman–Crippen LogP) is 4.09. The van der Waals surface area contributed by atoms with E-state index in [9.17, 15) is 25.0 Å². The van der Waals surface area contributed by atoms with Gasteiger partial charge in [0.25, 0.3) is 17.3 Å². The van der Waals surface area contributed by atoms with Crippen LogP contribution < -0.4 is 5.01 Å². The molecule has 1 aliphatic rings. The molecule has 0 spiro atoms. The average Bonchev–Trinajstić information content (AvgIpc) is 2.98. The Bertz CT molecular complexity index is 1010. The van der Waals surface area contributed by atoms with Crippen molar-refractivity contribution in [3.05, 3.63) is 79.9 Å². The van der Waals surface area contributed by atoms with Crippen molar-refractivity contribution in [2.45, 2.75) is 19.8 Å². The van der Waals surface area contributed by atoms with E-state index in [4.69, 9.17) is 0 Å². The topological polar surface area (TPSA) is 119 Å². The molecule has 0 radical (unpaired) electrons. The minimum atomic E-state index is -0.519. The Hall–Kier alpha value is -3.88. The number of non-ortho nitro benzene ring substituents is 2. The van der Waals surface area contributed by atoms with Gasteiger partial charge in [0, 0.05) is 24.3 Å². The molecule has 0 fully saturated rings. The second-order valence-corrected chi connectivity index (χ2v) is 6.10. The number of hydrogen-bond acceptors (Lipinski definition) is 6. The van der Waals surface area contributed by atoms with Crippen molar-refractivity contribution in [1.29, 1.82) is 0 Å². The molecule has 28 heavy (non-hydrogen) atoms. The van der Waals surface area contributed by atoms with Crippen LogP contribution in [0.3, 0.4) is 0 Å². The van der Waals surface area contributed by atoms with Gasteiger partial charge in [0.2, 0.25) is 0 Å². The first-order chi connectivity index (χ1) is 13.4. The zero-order valence-corrected chi connectivity index (χ0v) is 14.9. The van der Waals surface area contributed by atoms with Crippen molar-refractivity contribution in [2.24, 2.45) is 5.10 Å². The van der Waals surface area contributed by atoms with Crippen LogP contribution >= 0.6 is 0 Å². The molecular weight excluding hydrogens is 364 g/mol. The van der Waals surface area contributed by atoms with Crippen molar-refractivity contribution in [1.82, 2.24) is 0 Å². The lowest BCUT2D eigenvalue weighted by Crippen LogP contribution is -2.21. The fourth-order valence-corrected chi connectivity index (χ4v) is 2.81. The molecule has 0 saturated heterocycles. The minimum Gasteiger partial charge on any atom is -0.267 e. The third-order valence-electron chi connectivity index (χ3n) is 4.14. The highest BCUT2D eigenvalue weighted by Crippen LogP contribution is 2.28. The number of nitro benzene ring substituents is 2. The zero-order valence-electron chi connectivity index (χ0n) is 14.9. The van der Waals surface area contributed by atoms with Crippen LogP contribution in [0, 0.1) is 20.2 Å². The summed E-state index contributed by atoms with van der Waals surface area (Å²) in [7, 11) is 0. The first-order valence-corrected chi connectivity index (χ1v) is 8.53. The number of rotatable bonds is 6. The van der Waals surface area contributed by atoms with E-state index < -0.39 is 9.85 Å². The standard InChI is InChI=1S/C19H16N4O5/c1-2-4-18-17(12-13-5-3-6-16(11-13)23(27)28)19(24)21(20-18)14-7-9-15(10-8-14)22(25)26/h3,5-12H,2,4H2,1H3/b17-12-. The summed E-state index contributed by atoms with van der Waals surface area (Å²) in [6.45, 7) is 1.95. The highest BCUT2D eigenvalue weighted by Gasteiger charge is 2.30. The second-order valence-electron chi connectivity index (χ2n) is 6.10. The van der Waals surface area contributed by atoms with Gasteiger partial charge in [-0.15, -0.1) is 0 Å². The van der Waals surface area contributed by atoms with E-state index in [-0.39, 0.29) is 17.3 Å². The van der Waals surface area contributed by atoms with Gasteiger partial charge in [-0.05, 0) is 30.2 Å². The molecule has 0 saturated carbocycles. The number of nitrogens with zero attached hydrogens (tertiary/aromatic N) is 4. The highest BCUT2D eigenvalue weighted by atomic mass is 16.6. The third-order valence-corrected chi connectivity index (χ3v) is 4.14. The first-order valence-electron chi connectivity index (χ1n) is 8.53. The highest BCUT2D eigenvalue weighted by molar-refractivity contribution is 6.32. The summed E-state index contributed by atoms with van der Waals surface area (Å²) in [5.41, 5.74) is 1.69. The number of amides is 1. The summed E-state index contributed by atoms with van der Waals surface area (Å²) in [6, 6.07) is 11.5. The lowest BCUT2D eigenvalue weighted by molar-refractivity contribution is -0.385. The number of hydrazone groups is 1. The van der Waals surface area contributed by atoms with E-state index in [1.807, 2.05) is 6.92 Å². The fraction of sp³-hybridized carbons (Fsp3) is 0.158. The molecule has 2 aromatic rings. The fourth-order valence-electron chi connectivity index (χ4n) is 2.81. The lowest BCUT2D eigenvalue weighted by atomic mass is 10.0. The zero-order chi connectivity index (χ0) is 20.3. The number of carbonyl (C=O) groups excluding carboxylic acids is 1. The third kappa shape index (κ3) is 3.78. The van der Waals surface area contributed by atoms with Gasteiger partial charge in [-0.25, -0.2) is 0 Å². The van der Waals surface area contributed by atoms with E-state index in [0.29, 0.717) is 29.0 Å². The Morgan fingerprint density at radius 2 is 1.71 bits per heavy atom. The number of carbonyl (C=O) groups is 1. The summed E-state index contributed by atoms with van der Waals surface area (Å²) in [5.74, 6) is -0.385. The van der Waals surface area contributed by atoms with Gasteiger partial charge in [-0.3, -0.25) is 25.0 Å². The largest absolute Gasteiger partial charge is 0.280 e. The van der Waals surface area contributed by atoms with Crippen LogP contribution in [-0.2, 0) is 4.79 Å². The van der Waals surface area contributed by atoms with Gasteiger partial charge in [0.05, 0.1) is 26.8 Å². The van der Waals surface area contributed by atoms with Crippen LogP contribution in [0.2, 0.25) is 0 Å². The summed E-state index contributed by atoms with van der Waals surface area (Å²) in [5, 5.41) is 27.3. The Kier molecular flexibility index (Phi) is 5.25. The monoisotopic (exact) mass is 380 g/mol. The maximum Gasteiger partial charge on any atom is 0.280 e. The molecule has 0 unspecified atom stereocenters. The van der Waals surface area contributed by atoms with Crippen molar-refractivity contribution in [2.75, 3.05) is 5.01 Å². The molecule has 1 aliphatic heterocycles. The van der Waals surface area contributed by atoms with Crippen LogP contribution in [0.15, 0.2) is 59.2 Å². The number of benzene rings is 2. The molecule has 0 N–H and O–H groups in total. The normalized spacial score (nSPS) is 15.0. The van der Waals surface area contributed by atoms with E-state index in [1.54, 1.807) is 18.2 Å². The summed E-state index contributed by atoms with van der Waals surface area (Å²) in [4.78, 5) is 33.7. The molecule has 1 heterocycles. The van der Waals surface area contributed by atoms with Crippen LogP contribution in [0.5, 0.6) is 0 Å². The molecule has 3 rings (SSSR count). The molecule has 0 aliphatic carbocycles. The van der Waals surface area contributed by atoms with Crippen LogP contribution in [0.25, 0.3) is 6.08 Å². The molecule has 9 heteroatoms. The van der Waals surface area contributed by atoms with Gasteiger partial charge < -0.3 is 0 Å². The number of anilines is 1. The Morgan fingerprint density at radius 3 is 2.32 bits per heavy atom. The molecule has 2 aromatic carbocycles. The second kappa shape index (κ2) is 7.78. The molecule has 142 valence electrons. The Balaban J connectivity index is 1.97. The lowest BCUT2D eigenvalue weighted by Gasteiger charge is -2.11. The molecule has 9 nitrogen and oxygen atoms in total. The number of nitro groups is 2. The van der Waals surface area contributed by atoms with Gasteiger partial charge in [-0.1, -0.05) is 25.5 Å². The van der Waals surface area contributed by atoms with Gasteiger partial charge in [0.15, 0.2) is 0 Å². The van der Waals surface area contributed by atoms with Crippen molar-refractivity contribution in [3.63, 3.8) is 0 Å². The molecule has 0 bridgehead atoms. The predicted molar refractivity (Wildman–Crippen MR) is 104 cm³/mol. The Labute approximate surface area is 159 Å². The first kappa shape index (κ1) is 18.9. The van der Waals surface area contributed by atoms with E-state index in [2.05, 4.69) is 5.10 Å². The van der Waals surface area contributed by atoms with Crippen molar-refractivity contribution in [3.8, 4) is 0 Å². The molecular formula is C19H16N4O5. The maximum absolute atomic E-state index is 12.9. The Morgan fingerprint density at radius 1 is 1.04 bits per heavy atom. The van der Waals surface area contributed by atoms with Crippen LogP contribution in [0.1, 0.15) is 25.3 Å². The molecule has 0 atom stereocenters. The SMILES string of the molecule is CCCC1=NN(c2ccc([N+](=O)[O-])cc2)C(=O)/C1=C\c1cccc([N+](=O)[O-])c1. The van der Waals surface area contributed by atoms with Gasteiger partial charge in [-0.2, -0.15) is 10.1 Å². The van der Waals surface area contributed by atoms with Crippen molar-refractivity contribution < 1.29 is 14.6 Å². The van der Waals surface area contributed by atoms with E-state index in [1.165, 1.54) is 41.4 Å². The van der Waals surface area contributed by atoms with Crippen molar-refractivity contribution >= 4 is 34.8 Å². The summed E-state index contributed by atoms with van der Waals surface area (Å²) in [6.07, 6.45) is 2.89. The maximum atomic E-state index is 12.9. The summed E-state index contributed by atoms with van der Waals surface area (Å²) < 4.78 is 0. The minimum absolute atomic E-state index is 0.0685. The summed E-state index contributed by atoms with van der Waals surface area (Å²) >= 11 is 0. The van der Waals surface area contributed by atoms with Crippen LogP contribution in [-0.4, -0.2) is 21.5 Å². The number of hydrogen-bond donors (Lipinski definition) is 0. The van der Waals surface area contributed by atoms with Crippen LogP contribution in [0.4, 0.5) is 17.1 Å². The smallest absolute Gasteiger partial charge is 0.267 e. The van der Waals surface area contributed by atoms with Gasteiger partial charge in [0.1, 0.15) is 0 Å². The average molecular weight is 380 g/mol.